The number of nitrogens with zero attached hydrogens (tertiary/aromatic N) is 2. The van der Waals surface area contributed by atoms with Gasteiger partial charge < -0.3 is 9.47 Å². The van der Waals surface area contributed by atoms with E-state index in [1.165, 1.54) is 12.3 Å². The van der Waals surface area contributed by atoms with Gasteiger partial charge in [0.15, 0.2) is 0 Å². The molecule has 0 spiro atoms. The molecule has 7 heteroatoms. The maximum absolute atomic E-state index is 10.8. The summed E-state index contributed by atoms with van der Waals surface area (Å²) in [5.74, 6) is 0.0129. The summed E-state index contributed by atoms with van der Waals surface area (Å²) in [6, 6.07) is 1.23. The summed E-state index contributed by atoms with van der Waals surface area (Å²) in [4.78, 5) is 14.1. The van der Waals surface area contributed by atoms with Gasteiger partial charge in [0.25, 0.3) is 5.88 Å². The number of halogens is 1. The van der Waals surface area contributed by atoms with E-state index < -0.39 is 4.92 Å². The number of hydrogen-bond donors (Lipinski definition) is 0. The van der Waals surface area contributed by atoms with E-state index in [2.05, 4.69) is 4.98 Å². The van der Waals surface area contributed by atoms with Crippen LogP contribution in [0.25, 0.3) is 0 Å². The summed E-state index contributed by atoms with van der Waals surface area (Å²) >= 11 is 5.65. The number of hydrogen-bond acceptors (Lipinski definition) is 5. The monoisotopic (exact) mass is 258 g/mol. The summed E-state index contributed by atoms with van der Waals surface area (Å²) in [6.45, 7) is 0. The molecule has 0 amide bonds. The van der Waals surface area contributed by atoms with Crippen LogP contribution in [0.3, 0.4) is 0 Å². The van der Waals surface area contributed by atoms with Crippen LogP contribution in [-0.2, 0) is 4.74 Å². The molecule has 0 bridgehead atoms. The molecule has 1 aliphatic rings. The third-order valence-electron chi connectivity index (χ3n) is 2.66. The second-order valence-electron chi connectivity index (χ2n) is 3.80. The van der Waals surface area contributed by atoms with Crippen LogP contribution >= 0.6 is 11.6 Å². The molecule has 0 aliphatic heterocycles. The van der Waals surface area contributed by atoms with E-state index in [0.29, 0.717) is 0 Å². The number of rotatable bonds is 4. The Balaban J connectivity index is 2.08. The molecular weight excluding hydrogens is 248 g/mol. The lowest BCUT2D eigenvalue weighted by atomic mass is 9.92. The van der Waals surface area contributed by atoms with E-state index in [4.69, 9.17) is 21.1 Å². The van der Waals surface area contributed by atoms with Crippen molar-refractivity contribution < 1.29 is 14.4 Å². The molecule has 1 heterocycles. The van der Waals surface area contributed by atoms with Crippen molar-refractivity contribution in [2.75, 3.05) is 7.11 Å². The summed E-state index contributed by atoms with van der Waals surface area (Å²) in [5, 5.41) is 11.0. The lowest BCUT2D eigenvalue weighted by Crippen LogP contribution is -2.39. The third kappa shape index (κ3) is 2.65. The summed E-state index contributed by atoms with van der Waals surface area (Å²) in [7, 11) is 1.63. The largest absolute Gasteiger partial charge is 0.469 e. The van der Waals surface area contributed by atoms with Gasteiger partial charge >= 0.3 is 5.69 Å². The molecule has 2 rings (SSSR count). The number of methoxy groups -OCH3 is 1. The summed E-state index contributed by atoms with van der Waals surface area (Å²) < 4.78 is 10.5. The maximum atomic E-state index is 10.8. The molecule has 0 saturated heterocycles. The molecule has 1 fully saturated rings. The van der Waals surface area contributed by atoms with Crippen molar-refractivity contribution in [1.82, 2.24) is 4.98 Å². The van der Waals surface area contributed by atoms with Gasteiger partial charge in [0.05, 0.1) is 22.2 Å². The van der Waals surface area contributed by atoms with Crippen LogP contribution in [-0.4, -0.2) is 29.2 Å². The maximum Gasteiger partial charge on any atom is 0.332 e. The molecule has 1 aliphatic carbocycles. The van der Waals surface area contributed by atoms with E-state index in [-0.39, 0.29) is 28.8 Å². The molecule has 0 aromatic carbocycles. The van der Waals surface area contributed by atoms with Gasteiger partial charge in [0.1, 0.15) is 6.10 Å². The van der Waals surface area contributed by atoms with Gasteiger partial charge in [-0.1, -0.05) is 11.6 Å². The highest BCUT2D eigenvalue weighted by Gasteiger charge is 2.33. The van der Waals surface area contributed by atoms with Crippen molar-refractivity contribution in [3.8, 4) is 5.88 Å². The first-order chi connectivity index (χ1) is 8.10. The van der Waals surface area contributed by atoms with Crippen molar-refractivity contribution in [3.05, 3.63) is 27.4 Å². The zero-order chi connectivity index (χ0) is 12.4. The second-order valence-corrected chi connectivity index (χ2v) is 4.24. The highest BCUT2D eigenvalue weighted by atomic mass is 35.5. The molecule has 1 aromatic heterocycles. The van der Waals surface area contributed by atoms with E-state index in [1.807, 2.05) is 0 Å². The predicted molar refractivity (Wildman–Crippen MR) is 60.3 cm³/mol. The van der Waals surface area contributed by atoms with Crippen LogP contribution in [0.15, 0.2) is 12.3 Å². The predicted octanol–water partition coefficient (Wildman–Crippen LogP) is 2.20. The summed E-state index contributed by atoms with van der Waals surface area (Å²) in [5.41, 5.74) is -0.210. The number of nitro groups is 1. The standard InChI is InChI=1S/C10H11ClN2O4/c1-16-7-3-8(4-7)17-10-9(13(14)15)2-6(11)5-12-10/h2,5,7-8H,3-4H2,1H3/t7-,8-. The number of pyridine rings is 1. The normalized spacial score (nSPS) is 22.9. The van der Waals surface area contributed by atoms with E-state index >= 15 is 0 Å². The molecule has 1 aromatic rings. The van der Waals surface area contributed by atoms with Crippen molar-refractivity contribution >= 4 is 17.3 Å². The highest BCUT2D eigenvalue weighted by Crippen LogP contribution is 2.32. The Bertz CT molecular complexity index is 434. The number of aromatic nitrogens is 1. The Morgan fingerprint density at radius 2 is 2.24 bits per heavy atom. The molecule has 17 heavy (non-hydrogen) atoms. The van der Waals surface area contributed by atoms with Crippen LogP contribution in [0, 0.1) is 10.1 Å². The molecule has 1 saturated carbocycles. The van der Waals surface area contributed by atoms with Gasteiger partial charge in [-0.15, -0.1) is 0 Å². The molecular formula is C10H11ClN2O4. The highest BCUT2D eigenvalue weighted by molar-refractivity contribution is 6.30. The van der Waals surface area contributed by atoms with E-state index in [9.17, 15) is 10.1 Å². The summed E-state index contributed by atoms with van der Waals surface area (Å²) in [6.07, 6.45) is 2.87. The lowest BCUT2D eigenvalue weighted by Gasteiger charge is -2.33. The van der Waals surface area contributed by atoms with Gasteiger partial charge in [-0.3, -0.25) is 10.1 Å². The van der Waals surface area contributed by atoms with Gasteiger partial charge in [-0.05, 0) is 0 Å². The Hall–Kier alpha value is -1.40. The zero-order valence-electron chi connectivity index (χ0n) is 9.13. The topological polar surface area (TPSA) is 74.5 Å². The minimum Gasteiger partial charge on any atom is -0.469 e. The Labute approximate surface area is 103 Å². The fraction of sp³-hybridized carbons (Fsp3) is 0.500. The van der Waals surface area contributed by atoms with Gasteiger partial charge in [0.2, 0.25) is 0 Å². The molecule has 0 atom stereocenters. The first-order valence-corrected chi connectivity index (χ1v) is 5.47. The fourth-order valence-corrected chi connectivity index (χ4v) is 1.75. The SMILES string of the molecule is CO[C@H]1C[C@H](Oc2ncc(Cl)cc2[N+](=O)[O-])C1. The number of ether oxygens (including phenoxy) is 2. The fourth-order valence-electron chi connectivity index (χ4n) is 1.60. The van der Waals surface area contributed by atoms with Crippen LogP contribution in [0.2, 0.25) is 5.02 Å². The van der Waals surface area contributed by atoms with Crippen LogP contribution in [0.1, 0.15) is 12.8 Å². The molecule has 0 N–H and O–H groups in total. The molecule has 92 valence electrons. The van der Waals surface area contributed by atoms with E-state index in [0.717, 1.165) is 12.8 Å². The minimum absolute atomic E-state index is 0.0129. The Kier molecular flexibility index (Phi) is 3.44. The Morgan fingerprint density at radius 1 is 1.53 bits per heavy atom. The zero-order valence-corrected chi connectivity index (χ0v) is 9.88. The first kappa shape index (κ1) is 12.1. The molecule has 0 radical (unpaired) electrons. The van der Waals surface area contributed by atoms with E-state index in [1.54, 1.807) is 7.11 Å². The van der Waals surface area contributed by atoms with Crippen molar-refractivity contribution in [1.29, 1.82) is 0 Å². The molecule has 0 unspecified atom stereocenters. The minimum atomic E-state index is -0.555. The second kappa shape index (κ2) is 4.85. The smallest absolute Gasteiger partial charge is 0.332 e. The van der Waals surface area contributed by atoms with Crippen molar-refractivity contribution in [2.45, 2.75) is 25.0 Å². The first-order valence-electron chi connectivity index (χ1n) is 5.09. The van der Waals surface area contributed by atoms with Crippen molar-refractivity contribution in [3.63, 3.8) is 0 Å². The molecule has 6 nitrogen and oxygen atoms in total. The average Bonchev–Trinajstić information content (AvgIpc) is 2.24. The van der Waals surface area contributed by atoms with Crippen LogP contribution in [0.4, 0.5) is 5.69 Å². The van der Waals surface area contributed by atoms with Crippen molar-refractivity contribution in [2.24, 2.45) is 0 Å². The van der Waals surface area contributed by atoms with Gasteiger partial charge in [0, 0.05) is 26.0 Å². The van der Waals surface area contributed by atoms with Gasteiger partial charge in [-0.2, -0.15) is 0 Å². The quantitative estimate of drug-likeness (QED) is 0.611. The lowest BCUT2D eigenvalue weighted by molar-refractivity contribution is -0.386. The van der Waals surface area contributed by atoms with Gasteiger partial charge in [-0.25, -0.2) is 4.98 Å². The third-order valence-corrected chi connectivity index (χ3v) is 2.87. The Morgan fingerprint density at radius 3 is 2.82 bits per heavy atom. The average molecular weight is 259 g/mol. The van der Waals surface area contributed by atoms with Crippen LogP contribution in [0.5, 0.6) is 5.88 Å². The van der Waals surface area contributed by atoms with Crippen LogP contribution < -0.4 is 4.74 Å².